The lowest BCUT2D eigenvalue weighted by Gasteiger charge is -2.13. The van der Waals surface area contributed by atoms with Crippen LogP contribution in [0.2, 0.25) is 5.02 Å². The molecule has 0 aliphatic heterocycles. The molecule has 2 aromatic heterocycles. The number of fused-ring (bicyclic) bond motifs is 1. The highest BCUT2D eigenvalue weighted by Gasteiger charge is 2.19. The quantitative estimate of drug-likeness (QED) is 0.142. The van der Waals surface area contributed by atoms with E-state index in [1.54, 1.807) is 55.6 Å². The van der Waals surface area contributed by atoms with Gasteiger partial charge in [-0.15, -0.1) is 11.3 Å². The summed E-state index contributed by atoms with van der Waals surface area (Å²) in [5.41, 5.74) is 2.43. The number of benzene rings is 3. The van der Waals surface area contributed by atoms with Crippen molar-refractivity contribution in [3.8, 4) is 17.0 Å². The van der Waals surface area contributed by atoms with Crippen molar-refractivity contribution in [2.24, 2.45) is 0 Å². The first kappa shape index (κ1) is 31.7. The molecule has 0 spiro atoms. The molecule has 0 fully saturated rings. The summed E-state index contributed by atoms with van der Waals surface area (Å²) in [6, 6.07) is 14.0. The molecule has 44 heavy (non-hydrogen) atoms. The number of halogens is 3. The molecule has 0 saturated heterocycles. The van der Waals surface area contributed by atoms with Crippen LogP contribution >= 0.6 is 22.9 Å². The molecule has 3 aromatic carbocycles. The van der Waals surface area contributed by atoms with Crippen molar-refractivity contribution >= 4 is 55.2 Å². The third-order valence-corrected chi connectivity index (χ3v) is 10.5. The molecule has 5 aromatic rings. The normalized spacial score (nSPS) is 12.5. The first-order valence-corrected chi connectivity index (χ1v) is 16.8. The zero-order valence-corrected chi connectivity index (χ0v) is 26.5. The third-order valence-electron chi connectivity index (χ3n) is 6.93. The largest absolute Gasteiger partial charge is 0.487 e. The topological polar surface area (TPSA) is 106 Å². The van der Waals surface area contributed by atoms with Crippen molar-refractivity contribution in [1.82, 2.24) is 20.3 Å². The van der Waals surface area contributed by atoms with Gasteiger partial charge in [-0.3, -0.25) is 0 Å². The van der Waals surface area contributed by atoms with Gasteiger partial charge in [-0.25, -0.2) is 32.2 Å². The number of anilines is 2. The molecule has 0 radical (unpaired) electrons. The Bertz CT molecular complexity index is 1900. The van der Waals surface area contributed by atoms with Crippen LogP contribution in [-0.2, 0) is 16.4 Å². The van der Waals surface area contributed by atoms with E-state index in [1.807, 2.05) is 6.92 Å². The van der Waals surface area contributed by atoms with Crippen molar-refractivity contribution in [3.05, 3.63) is 93.5 Å². The van der Waals surface area contributed by atoms with Crippen LogP contribution in [0.15, 0.2) is 66.3 Å². The first-order valence-electron chi connectivity index (χ1n) is 13.8. The molecule has 2 N–H and O–H groups in total. The van der Waals surface area contributed by atoms with Gasteiger partial charge in [0, 0.05) is 34.6 Å². The summed E-state index contributed by atoms with van der Waals surface area (Å²) in [6.07, 6.45) is 1.34. The predicted molar refractivity (Wildman–Crippen MR) is 171 cm³/mol. The fourth-order valence-electron chi connectivity index (χ4n) is 4.34. The highest BCUT2D eigenvalue weighted by Crippen LogP contribution is 2.34. The average Bonchev–Trinajstić information content (AvgIpc) is 3.47. The van der Waals surface area contributed by atoms with Crippen LogP contribution in [-0.4, -0.2) is 40.9 Å². The molecule has 1 atom stereocenters. The Balaban J connectivity index is 1.32. The van der Waals surface area contributed by atoms with E-state index < -0.39 is 20.9 Å². The van der Waals surface area contributed by atoms with E-state index in [4.69, 9.17) is 16.3 Å². The molecule has 230 valence electrons. The van der Waals surface area contributed by atoms with Gasteiger partial charge in [0.15, 0.2) is 9.84 Å². The van der Waals surface area contributed by atoms with Gasteiger partial charge in [0.2, 0.25) is 0 Å². The van der Waals surface area contributed by atoms with Crippen LogP contribution in [0.1, 0.15) is 37.4 Å². The van der Waals surface area contributed by atoms with Crippen molar-refractivity contribution in [1.29, 1.82) is 0 Å². The Morgan fingerprint density at radius 2 is 1.86 bits per heavy atom. The molecule has 0 aliphatic rings. The van der Waals surface area contributed by atoms with Crippen LogP contribution in [0.25, 0.3) is 22.2 Å². The highest BCUT2D eigenvalue weighted by atomic mass is 35.5. The van der Waals surface area contributed by atoms with Gasteiger partial charge in [0.05, 0.1) is 33.3 Å². The SMILES string of the molecule is CC(NCCS(=O)(=O)C(C)C)c1nc(-c2cc3c(Nc4ccc(OCc5cccc(F)c5)c(Cl)c4)ncnc3cc2F)cs1. The van der Waals surface area contributed by atoms with Crippen LogP contribution < -0.4 is 15.4 Å². The summed E-state index contributed by atoms with van der Waals surface area (Å²) in [4.78, 5) is 13.2. The van der Waals surface area contributed by atoms with Crippen LogP contribution in [0.5, 0.6) is 5.75 Å². The van der Waals surface area contributed by atoms with Crippen molar-refractivity contribution < 1.29 is 21.9 Å². The summed E-state index contributed by atoms with van der Waals surface area (Å²) in [5, 5.41) is 9.37. The number of nitrogens with zero attached hydrogens (tertiary/aromatic N) is 3. The molecule has 0 saturated carbocycles. The lowest BCUT2D eigenvalue weighted by molar-refractivity contribution is 0.306. The van der Waals surface area contributed by atoms with E-state index in [2.05, 4.69) is 25.6 Å². The van der Waals surface area contributed by atoms with E-state index in [-0.39, 0.29) is 36.3 Å². The minimum atomic E-state index is -3.16. The number of rotatable bonds is 12. The molecule has 0 aliphatic carbocycles. The number of thiazole rings is 1. The number of aromatic nitrogens is 3. The number of ether oxygens (including phenoxy) is 1. The van der Waals surface area contributed by atoms with E-state index in [0.29, 0.717) is 49.4 Å². The monoisotopic (exact) mass is 657 g/mol. The predicted octanol–water partition coefficient (Wildman–Crippen LogP) is 7.48. The lowest BCUT2D eigenvalue weighted by atomic mass is 10.1. The fourth-order valence-corrected chi connectivity index (χ4v) is 6.30. The van der Waals surface area contributed by atoms with Gasteiger partial charge in [-0.1, -0.05) is 23.7 Å². The number of hydrogen-bond donors (Lipinski definition) is 2. The Morgan fingerprint density at radius 1 is 1.05 bits per heavy atom. The summed E-state index contributed by atoms with van der Waals surface area (Å²) < 4.78 is 58.7. The summed E-state index contributed by atoms with van der Waals surface area (Å²) in [7, 11) is -3.16. The highest BCUT2D eigenvalue weighted by molar-refractivity contribution is 7.92. The Labute approximate surface area is 263 Å². The van der Waals surface area contributed by atoms with Crippen LogP contribution in [0.4, 0.5) is 20.3 Å². The molecule has 1 unspecified atom stereocenters. The second-order valence-electron chi connectivity index (χ2n) is 10.4. The third kappa shape index (κ3) is 7.49. The second-order valence-corrected chi connectivity index (χ2v) is 14.4. The maximum Gasteiger partial charge on any atom is 0.153 e. The number of nitrogens with one attached hydrogen (secondary N) is 2. The Kier molecular flexibility index (Phi) is 9.74. The standard InChI is InChI=1S/C31H30ClF2N5O3S2/c1-18(2)44(40,41)10-9-35-19(3)31-39-28(16-43-31)23-13-24-27(14-26(23)34)36-17-37-30(24)38-22-7-8-29(25(32)12-22)42-15-20-5-4-6-21(33)11-20/h4-8,11-14,16-19,35H,9-10,15H2,1-3H3,(H,36,37,38). The van der Waals surface area contributed by atoms with Gasteiger partial charge in [0.1, 0.15) is 41.1 Å². The van der Waals surface area contributed by atoms with Gasteiger partial charge in [-0.05, 0) is 62.7 Å². The van der Waals surface area contributed by atoms with Crippen molar-refractivity contribution in [2.75, 3.05) is 17.6 Å². The summed E-state index contributed by atoms with van der Waals surface area (Å²) in [6.45, 7) is 5.66. The van der Waals surface area contributed by atoms with Crippen LogP contribution in [0.3, 0.4) is 0 Å². The molecule has 8 nitrogen and oxygen atoms in total. The Morgan fingerprint density at radius 3 is 2.61 bits per heavy atom. The van der Waals surface area contributed by atoms with E-state index >= 15 is 4.39 Å². The number of hydrogen-bond acceptors (Lipinski definition) is 9. The fraction of sp³-hybridized carbons (Fsp3) is 0.258. The summed E-state index contributed by atoms with van der Waals surface area (Å²) in [5.74, 6) is 0.0785. The first-order chi connectivity index (χ1) is 21.0. The van der Waals surface area contributed by atoms with Crippen LogP contribution in [0, 0.1) is 11.6 Å². The van der Waals surface area contributed by atoms with Gasteiger partial charge in [-0.2, -0.15) is 0 Å². The molecule has 0 amide bonds. The van der Waals surface area contributed by atoms with E-state index in [0.717, 1.165) is 0 Å². The summed E-state index contributed by atoms with van der Waals surface area (Å²) >= 11 is 7.83. The number of sulfone groups is 1. The minimum absolute atomic E-state index is 0.0260. The second kappa shape index (κ2) is 13.5. The lowest BCUT2D eigenvalue weighted by Crippen LogP contribution is -2.28. The molecular formula is C31H30ClF2N5O3S2. The Hall–Kier alpha value is -3.71. The maximum absolute atomic E-state index is 15.2. The molecule has 5 rings (SSSR count). The molecule has 13 heteroatoms. The molecule has 2 heterocycles. The van der Waals surface area contributed by atoms with E-state index in [1.165, 1.54) is 35.9 Å². The van der Waals surface area contributed by atoms with Crippen molar-refractivity contribution in [2.45, 2.75) is 38.7 Å². The minimum Gasteiger partial charge on any atom is -0.487 e. The average molecular weight is 658 g/mol. The molecular weight excluding hydrogens is 628 g/mol. The van der Waals surface area contributed by atoms with Gasteiger partial charge >= 0.3 is 0 Å². The zero-order valence-electron chi connectivity index (χ0n) is 24.1. The maximum atomic E-state index is 15.2. The zero-order chi connectivity index (χ0) is 31.4. The molecule has 0 bridgehead atoms. The van der Waals surface area contributed by atoms with E-state index in [9.17, 15) is 12.8 Å². The van der Waals surface area contributed by atoms with Crippen molar-refractivity contribution in [3.63, 3.8) is 0 Å². The smallest absolute Gasteiger partial charge is 0.153 e. The van der Waals surface area contributed by atoms with Gasteiger partial charge in [0.25, 0.3) is 0 Å². The van der Waals surface area contributed by atoms with Gasteiger partial charge < -0.3 is 15.4 Å².